The molecule has 0 unspecified atom stereocenters. The number of benzene rings is 3. The third-order valence-electron chi connectivity index (χ3n) is 5.54. The number of methoxy groups -OCH3 is 1. The Hall–Kier alpha value is -4.63. The summed E-state index contributed by atoms with van der Waals surface area (Å²) in [6.45, 7) is 1.91. The molecule has 37 heavy (non-hydrogen) atoms. The van der Waals surface area contributed by atoms with E-state index in [-0.39, 0.29) is 11.7 Å². The van der Waals surface area contributed by atoms with Gasteiger partial charge in [0, 0.05) is 26.7 Å². The maximum absolute atomic E-state index is 12.9. The van der Waals surface area contributed by atoms with Crippen LogP contribution in [-0.2, 0) is 0 Å². The number of aryl methyl sites for hydroxylation is 1. The molecule has 3 aromatic carbocycles. The van der Waals surface area contributed by atoms with Crippen LogP contribution in [0.1, 0.15) is 16.1 Å². The van der Waals surface area contributed by atoms with E-state index in [0.717, 1.165) is 26.6 Å². The fourth-order valence-corrected chi connectivity index (χ4v) is 4.53. The van der Waals surface area contributed by atoms with Crippen molar-refractivity contribution in [3.8, 4) is 11.5 Å². The number of nitrogens with zero attached hydrogens (tertiary/aromatic N) is 3. The highest BCUT2D eigenvalue weighted by atomic mass is 32.2. The van der Waals surface area contributed by atoms with Gasteiger partial charge in [0.25, 0.3) is 5.91 Å². The Morgan fingerprint density at radius 2 is 1.73 bits per heavy atom. The van der Waals surface area contributed by atoms with Gasteiger partial charge in [-0.1, -0.05) is 11.8 Å². The first-order valence-electron chi connectivity index (χ1n) is 11.4. The van der Waals surface area contributed by atoms with Crippen molar-refractivity contribution in [2.24, 2.45) is 0 Å². The topological polar surface area (TPSA) is 109 Å². The largest absolute Gasteiger partial charge is 0.508 e. The average Bonchev–Trinajstić information content (AvgIpc) is 2.91. The van der Waals surface area contributed by atoms with Gasteiger partial charge in [-0.3, -0.25) is 4.79 Å². The maximum Gasteiger partial charge on any atom is 0.255 e. The Kier molecular flexibility index (Phi) is 6.87. The Morgan fingerprint density at radius 1 is 0.946 bits per heavy atom. The van der Waals surface area contributed by atoms with Gasteiger partial charge in [-0.15, -0.1) is 0 Å². The second-order valence-electron chi connectivity index (χ2n) is 8.16. The van der Waals surface area contributed by atoms with E-state index < -0.39 is 0 Å². The summed E-state index contributed by atoms with van der Waals surface area (Å²) >= 11 is 1.52. The summed E-state index contributed by atoms with van der Waals surface area (Å²) < 4.78 is 5.17. The van der Waals surface area contributed by atoms with Gasteiger partial charge in [-0.2, -0.15) is 0 Å². The lowest BCUT2D eigenvalue weighted by molar-refractivity contribution is 0.102. The highest BCUT2D eigenvalue weighted by molar-refractivity contribution is 7.99. The minimum atomic E-state index is -0.236. The van der Waals surface area contributed by atoms with Crippen LogP contribution in [0, 0.1) is 6.92 Å². The van der Waals surface area contributed by atoms with Crippen LogP contribution in [0.15, 0.2) is 95.0 Å². The zero-order valence-corrected chi connectivity index (χ0v) is 20.9. The minimum Gasteiger partial charge on any atom is -0.508 e. The van der Waals surface area contributed by atoms with Crippen LogP contribution >= 0.6 is 11.8 Å². The predicted molar refractivity (Wildman–Crippen MR) is 145 cm³/mol. The lowest BCUT2D eigenvalue weighted by atomic mass is 10.2. The molecule has 184 valence electrons. The number of aromatic nitrogens is 3. The van der Waals surface area contributed by atoms with Crippen LogP contribution in [-0.4, -0.2) is 33.1 Å². The summed E-state index contributed by atoms with van der Waals surface area (Å²) in [6, 6.07) is 23.4. The van der Waals surface area contributed by atoms with Crippen molar-refractivity contribution in [1.29, 1.82) is 0 Å². The summed E-state index contributed by atoms with van der Waals surface area (Å²) in [4.78, 5) is 27.9. The van der Waals surface area contributed by atoms with Crippen LogP contribution in [0.3, 0.4) is 0 Å². The molecule has 0 aliphatic carbocycles. The summed E-state index contributed by atoms with van der Waals surface area (Å²) in [7, 11) is 1.58. The molecular weight excluding hydrogens is 486 g/mol. The Morgan fingerprint density at radius 3 is 2.49 bits per heavy atom. The number of pyridine rings is 1. The number of fused-ring (bicyclic) bond motifs is 1. The van der Waals surface area contributed by atoms with Crippen molar-refractivity contribution < 1.29 is 14.6 Å². The first kappa shape index (κ1) is 24.1. The summed E-state index contributed by atoms with van der Waals surface area (Å²) in [6.07, 6.45) is 1.47. The smallest absolute Gasteiger partial charge is 0.255 e. The van der Waals surface area contributed by atoms with Crippen molar-refractivity contribution >= 4 is 45.9 Å². The van der Waals surface area contributed by atoms with Crippen molar-refractivity contribution in [2.75, 3.05) is 17.7 Å². The van der Waals surface area contributed by atoms with E-state index >= 15 is 0 Å². The molecule has 0 spiro atoms. The second-order valence-corrected chi connectivity index (χ2v) is 9.28. The van der Waals surface area contributed by atoms with Gasteiger partial charge in [0.1, 0.15) is 23.6 Å². The van der Waals surface area contributed by atoms with Gasteiger partial charge in [0.15, 0.2) is 5.65 Å². The number of phenolic OH excluding ortho intramolecular Hbond substituents is 1. The average molecular weight is 510 g/mol. The maximum atomic E-state index is 12.9. The molecule has 0 fully saturated rings. The van der Waals surface area contributed by atoms with E-state index in [2.05, 4.69) is 25.6 Å². The number of nitrogens with one attached hydrogen (secondary N) is 2. The molecule has 5 aromatic rings. The predicted octanol–water partition coefficient (Wildman–Crippen LogP) is 6.19. The highest BCUT2D eigenvalue weighted by Gasteiger charge is 2.13. The molecule has 8 nitrogen and oxygen atoms in total. The van der Waals surface area contributed by atoms with E-state index in [1.807, 2.05) is 49.4 Å². The quantitative estimate of drug-likeness (QED) is 0.238. The first-order valence-corrected chi connectivity index (χ1v) is 12.2. The molecule has 0 radical (unpaired) electrons. The van der Waals surface area contributed by atoms with E-state index in [4.69, 9.17) is 4.74 Å². The number of hydrogen-bond acceptors (Lipinski definition) is 8. The number of anilines is 3. The number of carbonyl (C=O) groups excluding carboxylic acids is 1. The lowest BCUT2D eigenvalue weighted by Gasteiger charge is -2.15. The minimum absolute atomic E-state index is 0.203. The zero-order valence-electron chi connectivity index (χ0n) is 20.1. The van der Waals surface area contributed by atoms with Crippen molar-refractivity contribution in [1.82, 2.24) is 15.0 Å². The van der Waals surface area contributed by atoms with Crippen LogP contribution in [0.2, 0.25) is 0 Å². The molecule has 3 N–H and O–H groups in total. The molecular formula is C28H23N5O3S. The van der Waals surface area contributed by atoms with E-state index in [9.17, 15) is 9.90 Å². The van der Waals surface area contributed by atoms with Gasteiger partial charge in [0.05, 0.1) is 18.2 Å². The Bertz CT molecular complexity index is 1570. The molecule has 5 rings (SSSR count). The van der Waals surface area contributed by atoms with E-state index in [1.54, 1.807) is 43.5 Å². The summed E-state index contributed by atoms with van der Waals surface area (Å²) in [5, 5.41) is 16.8. The van der Waals surface area contributed by atoms with E-state index in [1.165, 1.54) is 18.1 Å². The van der Waals surface area contributed by atoms with Gasteiger partial charge in [-0.05, 0) is 85.8 Å². The SMILES string of the molecule is COc1ccc(C(=O)Nc2ccc(Sc3ccc(O)cc3)c(Nc3ncnc4nc(C)ccc34)c2)cc1. The second kappa shape index (κ2) is 10.5. The Balaban J connectivity index is 1.48. The molecule has 0 bridgehead atoms. The third kappa shape index (κ3) is 5.62. The van der Waals surface area contributed by atoms with E-state index in [0.29, 0.717) is 28.5 Å². The molecule has 9 heteroatoms. The molecule has 2 heterocycles. The molecule has 2 aromatic heterocycles. The molecule has 0 saturated carbocycles. The molecule has 0 atom stereocenters. The number of aromatic hydroxyl groups is 1. The fraction of sp³-hybridized carbons (Fsp3) is 0.0714. The number of carbonyl (C=O) groups is 1. The highest BCUT2D eigenvalue weighted by Crippen LogP contribution is 2.38. The van der Waals surface area contributed by atoms with Crippen molar-refractivity contribution in [3.05, 3.63) is 96.4 Å². The van der Waals surface area contributed by atoms with Gasteiger partial charge < -0.3 is 20.5 Å². The summed E-state index contributed by atoms with van der Waals surface area (Å²) in [5.74, 6) is 1.25. The van der Waals surface area contributed by atoms with Gasteiger partial charge in [-0.25, -0.2) is 15.0 Å². The first-order chi connectivity index (χ1) is 18.0. The van der Waals surface area contributed by atoms with Crippen LogP contribution in [0.25, 0.3) is 11.0 Å². The zero-order chi connectivity index (χ0) is 25.8. The Labute approximate surface area is 217 Å². The molecule has 0 saturated heterocycles. The number of phenols is 1. The fourth-order valence-electron chi connectivity index (χ4n) is 3.65. The number of hydrogen-bond donors (Lipinski definition) is 3. The van der Waals surface area contributed by atoms with Crippen LogP contribution in [0.5, 0.6) is 11.5 Å². The molecule has 1 amide bonds. The monoisotopic (exact) mass is 509 g/mol. The molecule has 0 aliphatic heterocycles. The standard InChI is InChI=1S/C28H23N5O3S/c1-17-3-13-23-26(31-17)29-16-30-27(23)33-24-15-19(32-28(35)18-4-9-21(36-2)10-5-18)6-14-25(24)37-22-11-7-20(34)8-12-22/h3-16,34H,1-2H3,(H,32,35)(H,29,30,31,33). The molecule has 0 aliphatic rings. The van der Waals surface area contributed by atoms with Crippen molar-refractivity contribution in [2.45, 2.75) is 16.7 Å². The number of rotatable bonds is 7. The van der Waals surface area contributed by atoms with Crippen molar-refractivity contribution in [3.63, 3.8) is 0 Å². The van der Waals surface area contributed by atoms with Crippen LogP contribution in [0.4, 0.5) is 17.2 Å². The van der Waals surface area contributed by atoms with Crippen LogP contribution < -0.4 is 15.4 Å². The third-order valence-corrected chi connectivity index (χ3v) is 6.63. The van der Waals surface area contributed by atoms with Gasteiger partial charge in [0.2, 0.25) is 0 Å². The summed E-state index contributed by atoms with van der Waals surface area (Å²) in [5.41, 5.74) is 3.33. The lowest BCUT2D eigenvalue weighted by Crippen LogP contribution is -2.12. The van der Waals surface area contributed by atoms with Gasteiger partial charge >= 0.3 is 0 Å². The normalized spacial score (nSPS) is 10.8. The number of ether oxygens (including phenoxy) is 1. The number of amides is 1.